The number of fused-ring (bicyclic) bond motifs is 1. The number of thiazole rings is 1. The van der Waals surface area contributed by atoms with Crippen molar-refractivity contribution in [2.24, 2.45) is 0 Å². The summed E-state index contributed by atoms with van der Waals surface area (Å²) in [6.07, 6.45) is -2.20. The molecule has 0 saturated carbocycles. The molecular weight excluding hydrogens is 288 g/mol. The lowest BCUT2D eigenvalue weighted by atomic mass is 10.1. The summed E-state index contributed by atoms with van der Waals surface area (Å²) >= 11 is 6.76. The van der Waals surface area contributed by atoms with E-state index < -0.39 is 24.5 Å². The summed E-state index contributed by atoms with van der Waals surface area (Å²) in [4.78, 5) is 4.16. The van der Waals surface area contributed by atoms with Gasteiger partial charge in [0.15, 0.2) is 6.23 Å². The molecule has 0 aliphatic carbocycles. The molecule has 0 amide bonds. The third kappa shape index (κ3) is 2.00. The maximum absolute atomic E-state index is 9.99. The SMILES string of the molecule is OC[C@H]1O[C@@H](n2ccc3ncsc3c2=S)[C@@H](O)C1O. The summed E-state index contributed by atoms with van der Waals surface area (Å²) < 4.78 is 8.36. The van der Waals surface area contributed by atoms with Crippen molar-refractivity contribution in [2.75, 3.05) is 6.61 Å². The fourth-order valence-corrected chi connectivity index (χ4v) is 3.31. The number of aliphatic hydroxyl groups is 3. The maximum atomic E-state index is 9.99. The van der Waals surface area contributed by atoms with E-state index in [1.807, 2.05) is 0 Å². The first-order valence-corrected chi connectivity index (χ1v) is 6.99. The molecule has 1 unspecified atom stereocenters. The van der Waals surface area contributed by atoms with Crippen LogP contribution in [0.4, 0.5) is 0 Å². The summed E-state index contributed by atoms with van der Waals surface area (Å²) in [6, 6.07) is 1.77. The zero-order valence-corrected chi connectivity index (χ0v) is 11.3. The van der Waals surface area contributed by atoms with E-state index in [-0.39, 0.29) is 6.61 Å². The standard InChI is InChI=1S/C11H12N2O4S2/c14-3-6-7(15)8(16)10(17-6)13-2-1-5-9(11(13)18)19-4-12-5/h1-2,4,6-8,10,14-16H,3H2/t6-,7?,8+,10-/m1/s1. The van der Waals surface area contributed by atoms with Gasteiger partial charge in [-0.15, -0.1) is 11.3 Å². The van der Waals surface area contributed by atoms with Gasteiger partial charge in [0.05, 0.1) is 22.3 Å². The van der Waals surface area contributed by atoms with E-state index in [1.165, 1.54) is 11.3 Å². The zero-order chi connectivity index (χ0) is 13.6. The maximum Gasteiger partial charge on any atom is 0.164 e. The first kappa shape index (κ1) is 13.1. The van der Waals surface area contributed by atoms with Crippen LogP contribution in [-0.2, 0) is 4.74 Å². The van der Waals surface area contributed by atoms with Crippen LogP contribution in [0.1, 0.15) is 6.23 Å². The molecular formula is C11H12N2O4S2. The van der Waals surface area contributed by atoms with Gasteiger partial charge in [-0.05, 0) is 6.07 Å². The third-order valence-corrected chi connectivity index (χ3v) is 4.60. The van der Waals surface area contributed by atoms with Crippen LogP contribution in [0.2, 0.25) is 0 Å². The number of aromatic nitrogens is 2. The van der Waals surface area contributed by atoms with Crippen molar-refractivity contribution in [2.45, 2.75) is 24.5 Å². The highest BCUT2D eigenvalue weighted by Gasteiger charge is 2.43. The van der Waals surface area contributed by atoms with Gasteiger partial charge in [0, 0.05) is 6.20 Å². The molecule has 8 heteroatoms. The van der Waals surface area contributed by atoms with Crippen LogP contribution in [0.3, 0.4) is 0 Å². The summed E-state index contributed by atoms with van der Waals surface area (Å²) in [5.41, 5.74) is 2.49. The predicted molar refractivity (Wildman–Crippen MR) is 71.5 cm³/mol. The third-order valence-electron chi connectivity index (χ3n) is 3.21. The Morgan fingerprint density at radius 3 is 2.89 bits per heavy atom. The van der Waals surface area contributed by atoms with Crippen molar-refractivity contribution in [1.82, 2.24) is 9.55 Å². The molecule has 19 heavy (non-hydrogen) atoms. The highest BCUT2D eigenvalue weighted by Crippen LogP contribution is 2.31. The Balaban J connectivity index is 2.05. The number of hydrogen-bond donors (Lipinski definition) is 3. The molecule has 2 aromatic rings. The fourth-order valence-electron chi connectivity index (χ4n) is 2.18. The van der Waals surface area contributed by atoms with E-state index in [2.05, 4.69) is 4.98 Å². The van der Waals surface area contributed by atoms with Crippen molar-refractivity contribution in [3.8, 4) is 0 Å². The normalized spacial score (nSPS) is 31.1. The molecule has 1 saturated heterocycles. The number of ether oxygens (including phenoxy) is 1. The molecule has 4 atom stereocenters. The molecule has 0 spiro atoms. The minimum atomic E-state index is -1.13. The van der Waals surface area contributed by atoms with Crippen LogP contribution in [0, 0.1) is 4.64 Å². The van der Waals surface area contributed by atoms with E-state index >= 15 is 0 Å². The van der Waals surface area contributed by atoms with E-state index in [0.717, 1.165) is 10.2 Å². The van der Waals surface area contributed by atoms with Crippen LogP contribution >= 0.6 is 23.6 Å². The van der Waals surface area contributed by atoms with Gasteiger partial charge in [-0.3, -0.25) is 0 Å². The molecule has 1 aliphatic rings. The minimum Gasteiger partial charge on any atom is -0.394 e. The largest absolute Gasteiger partial charge is 0.394 e. The Bertz CT molecular complexity index is 655. The van der Waals surface area contributed by atoms with E-state index in [1.54, 1.807) is 22.3 Å². The average Bonchev–Trinajstić information content (AvgIpc) is 2.98. The van der Waals surface area contributed by atoms with Gasteiger partial charge in [0.2, 0.25) is 0 Å². The summed E-state index contributed by atoms with van der Waals surface area (Å²) in [5.74, 6) is 0. The molecule has 102 valence electrons. The Morgan fingerprint density at radius 1 is 1.42 bits per heavy atom. The van der Waals surface area contributed by atoms with Crippen molar-refractivity contribution in [1.29, 1.82) is 0 Å². The number of rotatable bonds is 2. The van der Waals surface area contributed by atoms with Gasteiger partial charge in [-0.2, -0.15) is 0 Å². The molecule has 3 rings (SSSR count). The van der Waals surface area contributed by atoms with Gasteiger partial charge in [0.25, 0.3) is 0 Å². The van der Waals surface area contributed by atoms with Crippen LogP contribution in [0.25, 0.3) is 10.2 Å². The first-order chi connectivity index (χ1) is 9.13. The second kappa shape index (κ2) is 4.89. The Kier molecular flexibility index (Phi) is 3.37. The molecule has 6 nitrogen and oxygen atoms in total. The lowest BCUT2D eigenvalue weighted by Gasteiger charge is -2.18. The van der Waals surface area contributed by atoms with Gasteiger partial charge < -0.3 is 24.6 Å². The number of aliphatic hydroxyl groups excluding tert-OH is 3. The quantitative estimate of drug-likeness (QED) is 0.698. The average molecular weight is 300 g/mol. The van der Waals surface area contributed by atoms with Crippen molar-refractivity contribution < 1.29 is 20.1 Å². The zero-order valence-electron chi connectivity index (χ0n) is 9.71. The predicted octanol–water partition coefficient (Wildman–Crippen LogP) is 0.439. The van der Waals surface area contributed by atoms with Crippen LogP contribution in [0.15, 0.2) is 17.8 Å². The van der Waals surface area contributed by atoms with Gasteiger partial charge in [-0.25, -0.2) is 4.98 Å². The molecule has 3 heterocycles. The van der Waals surface area contributed by atoms with E-state index in [0.29, 0.717) is 4.64 Å². The summed E-state index contributed by atoms with van der Waals surface area (Å²) in [5, 5.41) is 28.8. The molecule has 1 fully saturated rings. The monoisotopic (exact) mass is 300 g/mol. The molecule has 2 aromatic heterocycles. The molecule has 3 N–H and O–H groups in total. The fraction of sp³-hybridized carbons (Fsp3) is 0.455. The Labute approximate surface area is 117 Å². The Hall–Kier alpha value is -0.900. The second-order valence-corrected chi connectivity index (χ2v) is 5.57. The smallest absolute Gasteiger partial charge is 0.164 e. The molecule has 0 bridgehead atoms. The molecule has 0 radical (unpaired) electrons. The second-order valence-electron chi connectivity index (χ2n) is 4.32. The topological polar surface area (TPSA) is 87.7 Å². The number of nitrogens with zero attached hydrogens (tertiary/aromatic N) is 2. The van der Waals surface area contributed by atoms with Crippen molar-refractivity contribution >= 4 is 33.8 Å². The van der Waals surface area contributed by atoms with Gasteiger partial charge >= 0.3 is 0 Å². The molecule has 1 aliphatic heterocycles. The van der Waals surface area contributed by atoms with Crippen LogP contribution in [0.5, 0.6) is 0 Å². The number of pyridine rings is 1. The number of hydrogen-bond acceptors (Lipinski definition) is 7. The highest BCUT2D eigenvalue weighted by atomic mass is 32.1. The lowest BCUT2D eigenvalue weighted by molar-refractivity contribution is -0.0533. The highest BCUT2D eigenvalue weighted by molar-refractivity contribution is 7.71. The van der Waals surface area contributed by atoms with Crippen LogP contribution in [-0.4, -0.2) is 49.8 Å². The van der Waals surface area contributed by atoms with Crippen molar-refractivity contribution in [3.05, 3.63) is 22.4 Å². The summed E-state index contributed by atoms with van der Waals surface area (Å²) in [6.45, 7) is -0.356. The first-order valence-electron chi connectivity index (χ1n) is 5.70. The minimum absolute atomic E-state index is 0.356. The van der Waals surface area contributed by atoms with Crippen LogP contribution < -0.4 is 0 Å². The molecule has 0 aromatic carbocycles. The van der Waals surface area contributed by atoms with Gasteiger partial charge in [0.1, 0.15) is 23.0 Å². The Morgan fingerprint density at radius 2 is 2.21 bits per heavy atom. The van der Waals surface area contributed by atoms with Gasteiger partial charge in [-0.1, -0.05) is 12.2 Å². The summed E-state index contributed by atoms with van der Waals surface area (Å²) in [7, 11) is 0. The lowest BCUT2D eigenvalue weighted by Crippen LogP contribution is -2.33. The van der Waals surface area contributed by atoms with E-state index in [9.17, 15) is 10.2 Å². The van der Waals surface area contributed by atoms with Crippen molar-refractivity contribution in [3.63, 3.8) is 0 Å². The van der Waals surface area contributed by atoms with E-state index in [4.69, 9.17) is 22.1 Å².